The van der Waals surface area contributed by atoms with Gasteiger partial charge in [-0.25, -0.2) is 19.7 Å². The number of hydrogen-bond donors (Lipinski definition) is 3. The summed E-state index contributed by atoms with van der Waals surface area (Å²) < 4.78 is 6.82. The van der Waals surface area contributed by atoms with Crippen LogP contribution < -0.4 is 10.6 Å². The van der Waals surface area contributed by atoms with Crippen LogP contribution in [-0.4, -0.2) is 49.7 Å². The lowest BCUT2D eigenvalue weighted by Gasteiger charge is -2.18. The second kappa shape index (κ2) is 8.47. The molecule has 4 rings (SSSR count). The third-order valence-corrected chi connectivity index (χ3v) is 5.26. The van der Waals surface area contributed by atoms with E-state index >= 15 is 0 Å². The molecule has 0 aliphatic heterocycles. The highest BCUT2D eigenvalue weighted by Gasteiger charge is 2.23. The number of aryl methyl sites for hydroxylation is 1. The van der Waals surface area contributed by atoms with E-state index in [9.17, 15) is 9.90 Å². The molecule has 4 aromatic rings. The Labute approximate surface area is 190 Å². The Balaban J connectivity index is 1.83. The summed E-state index contributed by atoms with van der Waals surface area (Å²) >= 11 is 0. The molecule has 0 spiro atoms. The minimum absolute atomic E-state index is 0.0194. The molecule has 0 bridgehead atoms. The summed E-state index contributed by atoms with van der Waals surface area (Å²) in [6.07, 6.45) is 5.05. The molecule has 0 saturated heterocycles. The van der Waals surface area contributed by atoms with Gasteiger partial charge in [0.1, 0.15) is 11.2 Å². The number of pyridine rings is 1. The predicted octanol–water partition coefficient (Wildman–Crippen LogP) is 3.22. The normalized spacial score (nSPS) is 11.5. The molecule has 3 aromatic heterocycles. The van der Waals surface area contributed by atoms with Gasteiger partial charge in [0.05, 0.1) is 36.3 Å². The fourth-order valence-electron chi connectivity index (χ4n) is 3.44. The Morgan fingerprint density at radius 3 is 2.48 bits per heavy atom. The third kappa shape index (κ3) is 4.20. The standard InChI is InChI=1S/C23H25N7O3/c1-23(2,32)13-6-8-14(9-7-13)27-21-19(22(31)33-5)28-18(20(24-3)29-21)15-10-25-11-16-17(15)26-12-30(16)4/h6-12,32H,1-5H3,(H2,24,27,29). The summed E-state index contributed by atoms with van der Waals surface area (Å²) in [5.74, 6) is 0.0356. The number of aromatic nitrogens is 5. The number of esters is 1. The van der Waals surface area contributed by atoms with Crippen molar-refractivity contribution < 1.29 is 14.6 Å². The summed E-state index contributed by atoms with van der Waals surface area (Å²) in [5.41, 5.74) is 3.07. The van der Waals surface area contributed by atoms with Gasteiger partial charge in [-0.15, -0.1) is 0 Å². The van der Waals surface area contributed by atoms with Gasteiger partial charge in [-0.2, -0.15) is 0 Å². The van der Waals surface area contributed by atoms with Crippen molar-refractivity contribution >= 4 is 34.3 Å². The number of rotatable bonds is 6. The summed E-state index contributed by atoms with van der Waals surface area (Å²) in [6, 6.07) is 7.19. The molecule has 33 heavy (non-hydrogen) atoms. The zero-order chi connectivity index (χ0) is 23.8. The van der Waals surface area contributed by atoms with Crippen molar-refractivity contribution in [1.82, 2.24) is 24.5 Å². The van der Waals surface area contributed by atoms with Gasteiger partial charge in [0.25, 0.3) is 0 Å². The van der Waals surface area contributed by atoms with Crippen molar-refractivity contribution in [2.24, 2.45) is 7.05 Å². The monoisotopic (exact) mass is 447 g/mol. The number of methoxy groups -OCH3 is 1. The molecule has 170 valence electrons. The minimum Gasteiger partial charge on any atom is -0.464 e. The largest absolute Gasteiger partial charge is 0.464 e. The Bertz CT molecular complexity index is 1320. The smallest absolute Gasteiger partial charge is 0.360 e. The first kappa shape index (κ1) is 22.2. The fourth-order valence-corrected chi connectivity index (χ4v) is 3.44. The van der Waals surface area contributed by atoms with E-state index in [1.807, 2.05) is 11.6 Å². The van der Waals surface area contributed by atoms with Gasteiger partial charge in [-0.05, 0) is 31.5 Å². The number of nitrogens with zero attached hydrogens (tertiary/aromatic N) is 5. The number of carbonyl (C=O) groups excluding carboxylic acids is 1. The molecule has 1 aromatic carbocycles. The SMILES string of the molecule is CNc1nc(Nc2ccc(C(C)(C)O)cc2)c(C(=O)OC)nc1-c1cncc2c1ncn2C. The maximum Gasteiger partial charge on any atom is 0.360 e. The Morgan fingerprint density at radius 1 is 1.12 bits per heavy atom. The Morgan fingerprint density at radius 2 is 1.85 bits per heavy atom. The van der Waals surface area contributed by atoms with Gasteiger partial charge in [-0.3, -0.25) is 4.98 Å². The molecule has 0 amide bonds. The molecular formula is C23H25N7O3. The molecule has 3 N–H and O–H groups in total. The molecule has 3 heterocycles. The summed E-state index contributed by atoms with van der Waals surface area (Å²) in [7, 11) is 4.89. The van der Waals surface area contributed by atoms with Gasteiger partial charge in [0, 0.05) is 26.0 Å². The average molecular weight is 447 g/mol. The van der Waals surface area contributed by atoms with Crippen LogP contribution in [0.15, 0.2) is 43.0 Å². The first-order valence-electron chi connectivity index (χ1n) is 10.3. The molecule has 0 radical (unpaired) electrons. The number of hydrogen-bond acceptors (Lipinski definition) is 9. The lowest BCUT2D eigenvalue weighted by Crippen LogP contribution is -2.15. The van der Waals surface area contributed by atoms with Crippen molar-refractivity contribution in [3.63, 3.8) is 0 Å². The maximum atomic E-state index is 12.6. The number of nitrogens with one attached hydrogen (secondary N) is 2. The van der Waals surface area contributed by atoms with E-state index in [0.717, 1.165) is 11.1 Å². The van der Waals surface area contributed by atoms with Crippen molar-refractivity contribution in [1.29, 1.82) is 0 Å². The summed E-state index contributed by atoms with van der Waals surface area (Å²) in [4.78, 5) is 30.6. The topological polar surface area (TPSA) is 127 Å². The van der Waals surface area contributed by atoms with Crippen molar-refractivity contribution in [2.45, 2.75) is 19.4 Å². The van der Waals surface area contributed by atoms with E-state index in [1.54, 1.807) is 63.9 Å². The van der Waals surface area contributed by atoms with Gasteiger partial charge in [0.2, 0.25) is 0 Å². The van der Waals surface area contributed by atoms with Gasteiger partial charge in [-0.1, -0.05) is 12.1 Å². The highest BCUT2D eigenvalue weighted by atomic mass is 16.5. The Kier molecular flexibility index (Phi) is 5.69. The zero-order valence-electron chi connectivity index (χ0n) is 19.0. The molecule has 0 aliphatic carbocycles. The van der Waals surface area contributed by atoms with Crippen LogP contribution in [0.2, 0.25) is 0 Å². The van der Waals surface area contributed by atoms with Crippen LogP contribution in [0.4, 0.5) is 17.3 Å². The second-order valence-corrected chi connectivity index (χ2v) is 8.03. The fraction of sp³-hybridized carbons (Fsp3) is 0.261. The molecule has 10 nitrogen and oxygen atoms in total. The molecule has 0 unspecified atom stereocenters. The second-order valence-electron chi connectivity index (χ2n) is 8.03. The first-order chi connectivity index (χ1) is 15.7. The predicted molar refractivity (Wildman–Crippen MR) is 125 cm³/mol. The summed E-state index contributed by atoms with van der Waals surface area (Å²) in [6.45, 7) is 3.43. The van der Waals surface area contributed by atoms with E-state index < -0.39 is 11.6 Å². The molecule has 0 atom stereocenters. The highest BCUT2D eigenvalue weighted by Crippen LogP contribution is 2.33. The highest BCUT2D eigenvalue weighted by molar-refractivity contribution is 5.98. The van der Waals surface area contributed by atoms with Crippen LogP contribution in [0.25, 0.3) is 22.3 Å². The Hall–Kier alpha value is -4.05. The van der Waals surface area contributed by atoms with Gasteiger partial charge < -0.3 is 25.0 Å². The number of benzene rings is 1. The van der Waals surface area contributed by atoms with E-state index in [1.165, 1.54) is 7.11 Å². The number of aliphatic hydroxyl groups is 1. The van der Waals surface area contributed by atoms with E-state index in [4.69, 9.17) is 4.74 Å². The van der Waals surface area contributed by atoms with E-state index in [2.05, 4.69) is 30.6 Å². The van der Waals surface area contributed by atoms with Crippen molar-refractivity contribution in [2.75, 3.05) is 24.8 Å². The molecular weight excluding hydrogens is 422 g/mol. The van der Waals surface area contributed by atoms with E-state index in [0.29, 0.717) is 28.3 Å². The number of ether oxygens (including phenoxy) is 1. The number of carbonyl (C=O) groups is 1. The average Bonchev–Trinajstić information content (AvgIpc) is 3.19. The lowest BCUT2D eigenvalue weighted by molar-refractivity contribution is 0.0595. The third-order valence-electron chi connectivity index (χ3n) is 5.26. The molecule has 0 aliphatic rings. The zero-order valence-corrected chi connectivity index (χ0v) is 19.0. The van der Waals surface area contributed by atoms with Gasteiger partial charge in [0.15, 0.2) is 17.3 Å². The van der Waals surface area contributed by atoms with Crippen molar-refractivity contribution in [3.05, 3.63) is 54.2 Å². The van der Waals surface area contributed by atoms with Crippen LogP contribution in [0.5, 0.6) is 0 Å². The minimum atomic E-state index is -0.961. The lowest BCUT2D eigenvalue weighted by atomic mass is 9.98. The number of anilines is 3. The van der Waals surface area contributed by atoms with Crippen LogP contribution in [0, 0.1) is 0 Å². The molecule has 10 heteroatoms. The van der Waals surface area contributed by atoms with Crippen LogP contribution in [0.3, 0.4) is 0 Å². The quantitative estimate of drug-likeness (QED) is 0.382. The van der Waals surface area contributed by atoms with Crippen LogP contribution in [0.1, 0.15) is 29.9 Å². The van der Waals surface area contributed by atoms with Crippen LogP contribution in [-0.2, 0) is 17.4 Å². The van der Waals surface area contributed by atoms with Gasteiger partial charge >= 0.3 is 5.97 Å². The number of imidazole rings is 1. The summed E-state index contributed by atoms with van der Waals surface area (Å²) in [5, 5.41) is 16.4. The first-order valence-corrected chi connectivity index (χ1v) is 10.3. The van der Waals surface area contributed by atoms with E-state index in [-0.39, 0.29) is 11.5 Å². The van der Waals surface area contributed by atoms with Crippen molar-refractivity contribution in [3.8, 4) is 11.3 Å². The molecule has 0 saturated carbocycles. The number of fused-ring (bicyclic) bond motifs is 1. The van der Waals surface area contributed by atoms with Crippen LogP contribution >= 0.6 is 0 Å². The molecule has 0 fully saturated rings. The maximum absolute atomic E-state index is 12.6.